The number of ketones is 2. The summed E-state index contributed by atoms with van der Waals surface area (Å²) in [6.45, 7) is 3.82. The van der Waals surface area contributed by atoms with Crippen molar-refractivity contribution in [2.24, 2.45) is 0 Å². The molecule has 2 nitrogen and oxygen atoms in total. The molecule has 0 rings (SSSR count). The summed E-state index contributed by atoms with van der Waals surface area (Å²) in [5.74, 6) is 0.157. The van der Waals surface area contributed by atoms with Gasteiger partial charge >= 0.3 is 0 Å². The molecular weight excluding hydrogens is 140 g/mol. The van der Waals surface area contributed by atoms with Crippen molar-refractivity contribution in [3.05, 3.63) is 0 Å². The lowest BCUT2D eigenvalue weighted by atomic mass is 10.1. The van der Waals surface area contributed by atoms with E-state index < -0.39 is 0 Å². The van der Waals surface area contributed by atoms with Crippen molar-refractivity contribution >= 4 is 11.6 Å². The fourth-order valence-corrected chi connectivity index (χ4v) is 0.807. The number of hydrogen-bond donors (Lipinski definition) is 0. The van der Waals surface area contributed by atoms with E-state index in [9.17, 15) is 9.59 Å². The summed E-state index contributed by atoms with van der Waals surface area (Å²) in [6.07, 6.45) is 3.14. The molecule has 0 aliphatic rings. The van der Waals surface area contributed by atoms with Crippen LogP contribution in [0.25, 0.3) is 0 Å². The highest BCUT2D eigenvalue weighted by Crippen LogP contribution is 2.00. The van der Waals surface area contributed by atoms with Crippen LogP contribution in [0.1, 0.15) is 46.0 Å². The van der Waals surface area contributed by atoms with Gasteiger partial charge in [-0.1, -0.05) is 20.3 Å². The topological polar surface area (TPSA) is 34.1 Å². The third-order valence-corrected chi connectivity index (χ3v) is 1.60. The number of carbonyl (C=O) groups excluding carboxylic acids is 2. The third kappa shape index (κ3) is 5.77. The minimum absolute atomic E-state index is 0.0612. The van der Waals surface area contributed by atoms with Gasteiger partial charge in [-0.25, -0.2) is 0 Å². The van der Waals surface area contributed by atoms with Crippen LogP contribution >= 0.6 is 0 Å². The molecule has 0 heterocycles. The molecule has 64 valence electrons. The van der Waals surface area contributed by atoms with E-state index in [4.69, 9.17) is 0 Å². The standard InChI is InChI=1S/C9H16O2/c1-3-5-6-9(11)7-8(10)4-2/h3-7H2,1-2H3. The molecule has 0 bridgehead atoms. The summed E-state index contributed by atoms with van der Waals surface area (Å²) < 4.78 is 0. The molecule has 0 aromatic carbocycles. The lowest BCUT2D eigenvalue weighted by Gasteiger charge is -1.96. The van der Waals surface area contributed by atoms with Gasteiger partial charge in [0.2, 0.25) is 0 Å². The Hall–Kier alpha value is -0.660. The molecule has 0 aliphatic heterocycles. The molecule has 0 unspecified atom stereocenters. The Balaban J connectivity index is 3.44. The molecular formula is C9H16O2. The fraction of sp³-hybridized carbons (Fsp3) is 0.778. The summed E-state index contributed by atoms with van der Waals surface area (Å²) in [4.78, 5) is 21.7. The zero-order valence-corrected chi connectivity index (χ0v) is 7.35. The monoisotopic (exact) mass is 156 g/mol. The predicted molar refractivity (Wildman–Crippen MR) is 44.4 cm³/mol. The van der Waals surface area contributed by atoms with Crippen molar-refractivity contribution in [1.82, 2.24) is 0 Å². The zero-order chi connectivity index (χ0) is 8.69. The molecule has 0 N–H and O–H groups in total. The summed E-state index contributed by atoms with van der Waals surface area (Å²) in [5.41, 5.74) is 0. The Morgan fingerprint density at radius 2 is 1.73 bits per heavy atom. The summed E-state index contributed by atoms with van der Waals surface area (Å²) >= 11 is 0. The van der Waals surface area contributed by atoms with Gasteiger partial charge in [0.05, 0.1) is 6.42 Å². The average molecular weight is 156 g/mol. The minimum atomic E-state index is 0.0612. The second-order valence-corrected chi connectivity index (χ2v) is 2.71. The Kier molecular flexibility index (Phi) is 5.71. The minimum Gasteiger partial charge on any atom is -0.299 e. The van der Waals surface area contributed by atoms with Gasteiger partial charge in [-0.3, -0.25) is 9.59 Å². The normalized spacial score (nSPS) is 9.64. The highest BCUT2D eigenvalue weighted by Gasteiger charge is 2.05. The molecule has 0 radical (unpaired) electrons. The first kappa shape index (κ1) is 10.3. The summed E-state index contributed by atoms with van der Waals surface area (Å²) in [5, 5.41) is 0. The van der Waals surface area contributed by atoms with Crippen LogP contribution in [0.2, 0.25) is 0 Å². The molecule has 0 saturated heterocycles. The van der Waals surface area contributed by atoms with E-state index in [2.05, 4.69) is 0 Å². The van der Waals surface area contributed by atoms with E-state index in [1.165, 1.54) is 0 Å². The van der Waals surface area contributed by atoms with Gasteiger partial charge < -0.3 is 0 Å². The van der Waals surface area contributed by atoms with E-state index in [0.29, 0.717) is 12.8 Å². The van der Waals surface area contributed by atoms with Crippen LogP contribution in [0.5, 0.6) is 0 Å². The van der Waals surface area contributed by atoms with Crippen molar-refractivity contribution in [3.8, 4) is 0 Å². The molecule has 0 saturated carbocycles. The van der Waals surface area contributed by atoms with Gasteiger partial charge in [-0.2, -0.15) is 0 Å². The SMILES string of the molecule is CCCCC(=O)CC(=O)CC. The van der Waals surface area contributed by atoms with Crippen molar-refractivity contribution in [2.75, 3.05) is 0 Å². The van der Waals surface area contributed by atoms with E-state index >= 15 is 0 Å². The number of unbranched alkanes of at least 4 members (excludes halogenated alkanes) is 1. The molecule has 0 atom stereocenters. The first-order valence-electron chi connectivity index (χ1n) is 4.24. The molecule has 2 heteroatoms. The Bertz CT molecular complexity index is 138. The van der Waals surface area contributed by atoms with Crippen LogP contribution in [-0.4, -0.2) is 11.6 Å². The highest BCUT2D eigenvalue weighted by molar-refractivity contribution is 5.98. The maximum Gasteiger partial charge on any atom is 0.140 e. The number of hydrogen-bond acceptors (Lipinski definition) is 2. The highest BCUT2D eigenvalue weighted by atomic mass is 16.1. The van der Waals surface area contributed by atoms with Crippen molar-refractivity contribution in [1.29, 1.82) is 0 Å². The molecule has 0 spiro atoms. The van der Waals surface area contributed by atoms with Gasteiger partial charge in [-0.05, 0) is 6.42 Å². The van der Waals surface area contributed by atoms with Crippen molar-refractivity contribution < 1.29 is 9.59 Å². The molecule has 0 aromatic rings. The molecule has 11 heavy (non-hydrogen) atoms. The van der Waals surface area contributed by atoms with E-state index in [0.717, 1.165) is 12.8 Å². The van der Waals surface area contributed by atoms with E-state index in [1.807, 2.05) is 6.92 Å². The Morgan fingerprint density at radius 1 is 1.09 bits per heavy atom. The fourth-order valence-electron chi connectivity index (χ4n) is 0.807. The Morgan fingerprint density at radius 3 is 2.18 bits per heavy atom. The number of carbonyl (C=O) groups is 2. The largest absolute Gasteiger partial charge is 0.299 e. The van der Waals surface area contributed by atoms with Gasteiger partial charge in [0.25, 0.3) is 0 Å². The van der Waals surface area contributed by atoms with E-state index in [-0.39, 0.29) is 18.0 Å². The molecule has 0 fully saturated rings. The zero-order valence-electron chi connectivity index (χ0n) is 7.35. The lowest BCUT2D eigenvalue weighted by Crippen LogP contribution is -2.05. The van der Waals surface area contributed by atoms with Crippen LogP contribution in [0.15, 0.2) is 0 Å². The average Bonchev–Trinajstić information content (AvgIpc) is 2.00. The lowest BCUT2D eigenvalue weighted by molar-refractivity contribution is -0.126. The smallest absolute Gasteiger partial charge is 0.140 e. The van der Waals surface area contributed by atoms with Crippen LogP contribution < -0.4 is 0 Å². The molecule has 0 aromatic heterocycles. The van der Waals surface area contributed by atoms with Crippen LogP contribution in [0.4, 0.5) is 0 Å². The maximum absolute atomic E-state index is 11.0. The second kappa shape index (κ2) is 6.08. The van der Waals surface area contributed by atoms with Gasteiger partial charge in [-0.15, -0.1) is 0 Å². The third-order valence-electron chi connectivity index (χ3n) is 1.60. The first-order chi connectivity index (χ1) is 5.20. The van der Waals surface area contributed by atoms with Crippen molar-refractivity contribution in [2.45, 2.75) is 46.0 Å². The van der Waals surface area contributed by atoms with E-state index in [1.54, 1.807) is 6.92 Å². The van der Waals surface area contributed by atoms with Gasteiger partial charge in [0.1, 0.15) is 11.6 Å². The number of rotatable bonds is 6. The Labute approximate surface area is 68.0 Å². The summed E-state index contributed by atoms with van der Waals surface area (Å²) in [7, 11) is 0. The molecule has 0 aliphatic carbocycles. The van der Waals surface area contributed by atoms with Crippen LogP contribution in [0, 0.1) is 0 Å². The van der Waals surface area contributed by atoms with Crippen molar-refractivity contribution in [3.63, 3.8) is 0 Å². The molecule has 0 amide bonds. The number of Topliss-reactive ketones (excluding diaryl/α,β-unsaturated/α-hetero) is 2. The maximum atomic E-state index is 11.0. The van der Waals surface area contributed by atoms with Crippen LogP contribution in [-0.2, 0) is 9.59 Å². The van der Waals surface area contributed by atoms with Gasteiger partial charge in [0.15, 0.2) is 0 Å². The van der Waals surface area contributed by atoms with Crippen LogP contribution in [0.3, 0.4) is 0 Å². The summed E-state index contributed by atoms with van der Waals surface area (Å²) in [6, 6.07) is 0. The first-order valence-corrected chi connectivity index (χ1v) is 4.24. The predicted octanol–water partition coefficient (Wildman–Crippen LogP) is 2.11. The second-order valence-electron chi connectivity index (χ2n) is 2.71. The van der Waals surface area contributed by atoms with Gasteiger partial charge in [0, 0.05) is 12.8 Å². The quantitative estimate of drug-likeness (QED) is 0.552.